The molecule has 1 aromatic carbocycles. The molecule has 6 heteroatoms. The Kier molecular flexibility index (Phi) is 5.76. The Balaban J connectivity index is 2.30. The van der Waals surface area contributed by atoms with Crippen molar-refractivity contribution in [1.82, 2.24) is 10.2 Å². The van der Waals surface area contributed by atoms with Gasteiger partial charge in [0, 0.05) is 44.7 Å². The number of methoxy groups -OCH3 is 2. The number of benzene rings is 1. The number of nitrogens with zero attached hydrogens (tertiary/aromatic N) is 1. The summed E-state index contributed by atoms with van der Waals surface area (Å²) in [5.74, 6) is 1.25. The lowest BCUT2D eigenvalue weighted by atomic mass is 10.0. The highest BCUT2D eigenvalue weighted by Crippen LogP contribution is 2.33. The highest BCUT2D eigenvalue weighted by molar-refractivity contribution is 5.40. The maximum Gasteiger partial charge on any atom is 0.240 e. The second-order valence-electron chi connectivity index (χ2n) is 5.07. The molecule has 2 rings (SSSR count). The number of rotatable bonds is 6. The zero-order chi connectivity index (χ0) is 15.2. The van der Waals surface area contributed by atoms with E-state index in [1.807, 2.05) is 12.1 Å². The minimum Gasteiger partial charge on any atom is -0.497 e. The average Bonchev–Trinajstić information content (AvgIpc) is 2.52. The van der Waals surface area contributed by atoms with Crippen LogP contribution in [0.15, 0.2) is 18.2 Å². The monoisotopic (exact) mass is 300 g/mol. The molecule has 1 fully saturated rings. The first kappa shape index (κ1) is 16.0. The number of halogens is 2. The van der Waals surface area contributed by atoms with Crippen LogP contribution in [0.3, 0.4) is 0 Å². The quantitative estimate of drug-likeness (QED) is 0.874. The van der Waals surface area contributed by atoms with E-state index >= 15 is 0 Å². The Labute approximate surface area is 124 Å². The number of alkyl halides is 2. The summed E-state index contributed by atoms with van der Waals surface area (Å²) < 4.78 is 36.5. The Morgan fingerprint density at radius 1 is 1.10 bits per heavy atom. The molecular weight excluding hydrogens is 278 g/mol. The van der Waals surface area contributed by atoms with E-state index in [2.05, 4.69) is 10.2 Å². The van der Waals surface area contributed by atoms with Crippen LogP contribution in [0, 0.1) is 0 Å². The van der Waals surface area contributed by atoms with Crippen molar-refractivity contribution in [1.29, 1.82) is 0 Å². The number of ether oxygens (including phenoxy) is 2. The molecule has 21 heavy (non-hydrogen) atoms. The zero-order valence-corrected chi connectivity index (χ0v) is 12.4. The van der Waals surface area contributed by atoms with Gasteiger partial charge in [-0.1, -0.05) is 0 Å². The maximum absolute atomic E-state index is 13.0. The molecule has 0 amide bonds. The lowest BCUT2D eigenvalue weighted by Crippen LogP contribution is -2.45. The summed E-state index contributed by atoms with van der Waals surface area (Å²) in [6, 6.07) is 5.06. The molecule has 0 saturated carbocycles. The average molecular weight is 300 g/mol. The highest BCUT2D eigenvalue weighted by Gasteiger charge is 2.26. The van der Waals surface area contributed by atoms with Gasteiger partial charge in [-0.25, -0.2) is 8.78 Å². The summed E-state index contributed by atoms with van der Waals surface area (Å²) in [7, 11) is 3.12. The smallest absolute Gasteiger partial charge is 0.240 e. The van der Waals surface area contributed by atoms with Crippen LogP contribution < -0.4 is 14.8 Å². The number of hydrogen-bond acceptors (Lipinski definition) is 4. The molecule has 0 radical (unpaired) electrons. The Morgan fingerprint density at radius 2 is 1.67 bits per heavy atom. The van der Waals surface area contributed by atoms with E-state index in [1.54, 1.807) is 20.3 Å². The molecule has 1 saturated heterocycles. The normalized spacial score (nSPS) is 17.8. The van der Waals surface area contributed by atoms with Crippen LogP contribution >= 0.6 is 0 Å². The first-order valence-electron chi connectivity index (χ1n) is 7.10. The molecule has 1 N–H and O–H groups in total. The summed E-state index contributed by atoms with van der Waals surface area (Å²) >= 11 is 0. The number of hydrogen-bond donors (Lipinski definition) is 1. The van der Waals surface area contributed by atoms with Crippen molar-refractivity contribution in [3.63, 3.8) is 0 Å². The summed E-state index contributed by atoms with van der Waals surface area (Å²) in [4.78, 5) is 2.09. The van der Waals surface area contributed by atoms with E-state index in [0.717, 1.165) is 31.7 Å². The first-order chi connectivity index (χ1) is 10.1. The van der Waals surface area contributed by atoms with E-state index in [9.17, 15) is 8.78 Å². The second kappa shape index (κ2) is 7.56. The molecule has 118 valence electrons. The third-order valence-corrected chi connectivity index (χ3v) is 3.75. The molecule has 1 heterocycles. The number of piperazine rings is 1. The van der Waals surface area contributed by atoms with Gasteiger partial charge >= 0.3 is 0 Å². The SMILES string of the molecule is COc1cc(OC)cc([C@H](CC(F)F)N2CCNCC2)c1. The van der Waals surface area contributed by atoms with Gasteiger partial charge in [-0.15, -0.1) is 0 Å². The molecule has 1 aromatic rings. The lowest BCUT2D eigenvalue weighted by Gasteiger charge is -2.35. The molecular formula is C15H22F2N2O2. The summed E-state index contributed by atoms with van der Waals surface area (Å²) in [5, 5.41) is 3.24. The minimum atomic E-state index is -2.35. The summed E-state index contributed by atoms with van der Waals surface area (Å²) in [5.41, 5.74) is 0.813. The van der Waals surface area contributed by atoms with Gasteiger partial charge in [0.1, 0.15) is 11.5 Å². The van der Waals surface area contributed by atoms with E-state index in [-0.39, 0.29) is 12.5 Å². The zero-order valence-electron chi connectivity index (χ0n) is 12.4. The Hall–Kier alpha value is -1.40. The fourth-order valence-electron chi connectivity index (χ4n) is 2.68. The van der Waals surface area contributed by atoms with E-state index < -0.39 is 6.43 Å². The van der Waals surface area contributed by atoms with Crippen molar-refractivity contribution in [2.75, 3.05) is 40.4 Å². The lowest BCUT2D eigenvalue weighted by molar-refractivity contribution is 0.0737. The van der Waals surface area contributed by atoms with Crippen LogP contribution in [0.25, 0.3) is 0 Å². The van der Waals surface area contributed by atoms with Crippen LogP contribution in [-0.4, -0.2) is 51.7 Å². The topological polar surface area (TPSA) is 33.7 Å². The Bertz CT molecular complexity index is 429. The Morgan fingerprint density at radius 3 is 2.14 bits per heavy atom. The van der Waals surface area contributed by atoms with Gasteiger partial charge in [0.15, 0.2) is 0 Å². The van der Waals surface area contributed by atoms with Crippen molar-refractivity contribution in [3.05, 3.63) is 23.8 Å². The van der Waals surface area contributed by atoms with Gasteiger partial charge in [0.05, 0.1) is 14.2 Å². The second-order valence-corrected chi connectivity index (χ2v) is 5.07. The predicted molar refractivity (Wildman–Crippen MR) is 77.4 cm³/mol. The van der Waals surface area contributed by atoms with Gasteiger partial charge in [-0.2, -0.15) is 0 Å². The van der Waals surface area contributed by atoms with Crippen molar-refractivity contribution < 1.29 is 18.3 Å². The van der Waals surface area contributed by atoms with Gasteiger partial charge in [-0.3, -0.25) is 4.90 Å². The van der Waals surface area contributed by atoms with Gasteiger partial charge in [-0.05, 0) is 17.7 Å². The first-order valence-corrected chi connectivity index (χ1v) is 7.10. The molecule has 1 aliphatic rings. The predicted octanol–water partition coefficient (Wildman–Crippen LogP) is 2.31. The van der Waals surface area contributed by atoms with Gasteiger partial charge in [0.25, 0.3) is 0 Å². The van der Waals surface area contributed by atoms with Crippen molar-refractivity contribution >= 4 is 0 Å². The molecule has 0 aliphatic carbocycles. The van der Waals surface area contributed by atoms with Crippen LogP contribution in [0.4, 0.5) is 8.78 Å². The molecule has 1 atom stereocenters. The van der Waals surface area contributed by atoms with Gasteiger partial charge in [0.2, 0.25) is 6.43 Å². The standard InChI is InChI=1S/C15H22F2N2O2/c1-20-12-7-11(8-13(9-12)21-2)14(10-15(16)17)19-5-3-18-4-6-19/h7-9,14-15,18H,3-6,10H2,1-2H3/t14-/m0/s1. The van der Waals surface area contributed by atoms with Crippen LogP contribution in [0.5, 0.6) is 11.5 Å². The van der Waals surface area contributed by atoms with E-state index in [4.69, 9.17) is 9.47 Å². The van der Waals surface area contributed by atoms with Crippen LogP contribution in [0.1, 0.15) is 18.0 Å². The van der Waals surface area contributed by atoms with Crippen LogP contribution in [-0.2, 0) is 0 Å². The maximum atomic E-state index is 13.0. The minimum absolute atomic E-state index is 0.184. The molecule has 1 aliphatic heterocycles. The highest BCUT2D eigenvalue weighted by atomic mass is 19.3. The molecule has 0 spiro atoms. The van der Waals surface area contributed by atoms with Gasteiger partial charge < -0.3 is 14.8 Å². The van der Waals surface area contributed by atoms with Crippen molar-refractivity contribution in [3.8, 4) is 11.5 Å². The number of nitrogens with one attached hydrogen (secondary N) is 1. The largest absolute Gasteiger partial charge is 0.497 e. The third-order valence-electron chi connectivity index (χ3n) is 3.75. The fraction of sp³-hybridized carbons (Fsp3) is 0.600. The van der Waals surface area contributed by atoms with Crippen molar-refractivity contribution in [2.24, 2.45) is 0 Å². The van der Waals surface area contributed by atoms with Crippen molar-refractivity contribution in [2.45, 2.75) is 18.9 Å². The van der Waals surface area contributed by atoms with E-state index in [1.165, 1.54) is 0 Å². The fourth-order valence-corrected chi connectivity index (χ4v) is 2.68. The summed E-state index contributed by atoms with van der Waals surface area (Å²) in [6.07, 6.45) is -2.53. The van der Waals surface area contributed by atoms with E-state index in [0.29, 0.717) is 11.5 Å². The molecule has 0 aromatic heterocycles. The third kappa shape index (κ3) is 4.28. The van der Waals surface area contributed by atoms with Crippen LogP contribution in [0.2, 0.25) is 0 Å². The molecule has 0 unspecified atom stereocenters. The summed E-state index contributed by atoms with van der Waals surface area (Å²) in [6.45, 7) is 3.16. The molecule has 0 bridgehead atoms. The molecule has 4 nitrogen and oxygen atoms in total.